The molecule has 6 N–H and O–H groups in total. The molecule has 4 aromatic rings. The van der Waals surface area contributed by atoms with Crippen molar-refractivity contribution in [3.8, 4) is 11.3 Å². The van der Waals surface area contributed by atoms with Crippen LogP contribution in [0.25, 0.3) is 20.7 Å². The fourth-order valence-electron chi connectivity index (χ4n) is 5.63. The summed E-state index contributed by atoms with van der Waals surface area (Å²) in [4.78, 5) is 32.7. The number of rotatable bonds is 6. The van der Waals surface area contributed by atoms with Gasteiger partial charge in [-0.1, -0.05) is 6.42 Å². The molecule has 13 heteroatoms. The number of morpholine rings is 1. The van der Waals surface area contributed by atoms with Crippen LogP contribution >= 0.6 is 34.2 Å². The molecule has 0 spiro atoms. The third-order valence-electron chi connectivity index (χ3n) is 7.79. The van der Waals surface area contributed by atoms with E-state index >= 15 is 0 Å². The van der Waals surface area contributed by atoms with Gasteiger partial charge < -0.3 is 31.3 Å². The molecular weight excluding hydrogens is 567 g/mol. The second kappa shape index (κ2) is 10.7. The Morgan fingerprint density at radius 2 is 1.95 bits per heavy atom. The summed E-state index contributed by atoms with van der Waals surface area (Å²) in [6.45, 7) is 3.37. The molecule has 3 aliphatic rings. The van der Waals surface area contributed by atoms with Crippen LogP contribution in [-0.4, -0.2) is 53.7 Å². The predicted molar refractivity (Wildman–Crippen MR) is 161 cm³/mol. The van der Waals surface area contributed by atoms with E-state index in [-0.39, 0.29) is 17.4 Å². The van der Waals surface area contributed by atoms with Crippen LogP contribution < -0.4 is 32.0 Å². The number of ether oxygens (including phenoxy) is 1. The van der Waals surface area contributed by atoms with E-state index in [0.29, 0.717) is 37.2 Å². The minimum atomic E-state index is -0.127. The van der Waals surface area contributed by atoms with Gasteiger partial charge in [-0.05, 0) is 36.0 Å². The number of hydrogen-bond donors (Lipinski definition) is 4. The lowest BCUT2D eigenvalue weighted by atomic mass is 9.91. The van der Waals surface area contributed by atoms with Gasteiger partial charge in [0.05, 0.1) is 44.9 Å². The first kappa shape index (κ1) is 25.8. The van der Waals surface area contributed by atoms with Gasteiger partial charge in [0.2, 0.25) is 0 Å². The van der Waals surface area contributed by atoms with Crippen molar-refractivity contribution >= 4 is 71.2 Å². The van der Waals surface area contributed by atoms with Crippen molar-refractivity contribution in [1.29, 1.82) is 0 Å². The Labute approximate surface area is 242 Å². The molecule has 2 fully saturated rings. The van der Waals surface area contributed by atoms with Gasteiger partial charge in [0.1, 0.15) is 22.7 Å². The molecule has 1 aliphatic carbocycles. The van der Waals surface area contributed by atoms with E-state index < -0.39 is 0 Å². The van der Waals surface area contributed by atoms with E-state index in [2.05, 4.69) is 26.6 Å². The minimum Gasteiger partial charge on any atom is -0.378 e. The van der Waals surface area contributed by atoms with Crippen LogP contribution in [0.2, 0.25) is 0 Å². The summed E-state index contributed by atoms with van der Waals surface area (Å²) in [6.07, 6.45) is 4.58. The minimum absolute atomic E-state index is 0.0395. The average molecular weight is 597 g/mol. The molecule has 6 heterocycles. The second-order valence-electron chi connectivity index (χ2n) is 10.4. The first-order valence-corrected chi connectivity index (χ1v) is 16.0. The Morgan fingerprint density at radius 3 is 2.80 bits per heavy atom. The van der Waals surface area contributed by atoms with Gasteiger partial charge in [-0.2, -0.15) is 4.37 Å². The van der Waals surface area contributed by atoms with E-state index in [1.165, 1.54) is 35.7 Å². The number of hydrogen-bond acceptors (Lipinski definition) is 11. The zero-order chi connectivity index (χ0) is 27.2. The maximum absolute atomic E-state index is 12.9. The normalized spacial score (nSPS) is 20.9. The smallest absolute Gasteiger partial charge is 0.255 e. The molecular formula is C27H30N7O3S3+. The molecule has 1 amide bonds. The van der Waals surface area contributed by atoms with Crippen LogP contribution in [0, 0.1) is 0 Å². The van der Waals surface area contributed by atoms with Crippen LogP contribution in [0.5, 0.6) is 0 Å². The Bertz CT molecular complexity index is 1640. The van der Waals surface area contributed by atoms with Crippen LogP contribution in [0.15, 0.2) is 28.4 Å². The predicted octanol–water partition coefficient (Wildman–Crippen LogP) is 3.63. The highest BCUT2D eigenvalue weighted by Crippen LogP contribution is 2.40. The van der Waals surface area contributed by atoms with Crippen molar-refractivity contribution in [3.05, 3.63) is 44.9 Å². The third-order valence-corrected chi connectivity index (χ3v) is 10.8. The van der Waals surface area contributed by atoms with Crippen molar-refractivity contribution in [1.82, 2.24) is 14.7 Å². The standard InChI is InChI=1S/C27H29N7O3S3/c28-16-3-1-2-4-17(16)30-20-9-14-12-29-27(36)23(14)26(31-20)32-21-10-18(33-40-21)15-13-38-25-19(35)11-22(39-24(15)25)34-5-7-37-8-6-34/h9-11,13,16-17H,1-8,12,28H2,(H,29,36)(H2,30,31,32)/p+1/t16-,17+/m1/s1. The molecule has 0 radical (unpaired) electrons. The monoisotopic (exact) mass is 596 g/mol. The van der Waals surface area contributed by atoms with E-state index in [4.69, 9.17) is 14.1 Å². The van der Waals surface area contributed by atoms with Gasteiger partial charge in [0, 0.05) is 49.1 Å². The molecule has 2 atom stereocenters. The Morgan fingerprint density at radius 1 is 1.10 bits per heavy atom. The van der Waals surface area contributed by atoms with Crippen molar-refractivity contribution < 1.29 is 15.3 Å². The molecule has 208 valence electrons. The van der Waals surface area contributed by atoms with Gasteiger partial charge in [-0.15, -0.1) is 22.7 Å². The fraction of sp³-hybridized carbons (Fsp3) is 0.407. The van der Waals surface area contributed by atoms with Gasteiger partial charge in [-0.25, -0.2) is 4.98 Å². The molecule has 0 unspecified atom stereocenters. The van der Waals surface area contributed by atoms with Gasteiger partial charge >= 0.3 is 0 Å². The van der Waals surface area contributed by atoms with Crippen molar-refractivity contribution in [2.24, 2.45) is 0 Å². The summed E-state index contributed by atoms with van der Waals surface area (Å²) in [5.74, 6) is 1.15. The van der Waals surface area contributed by atoms with Crippen molar-refractivity contribution in [2.75, 3.05) is 41.8 Å². The lowest BCUT2D eigenvalue weighted by molar-refractivity contribution is -0.427. The maximum Gasteiger partial charge on any atom is 0.255 e. The van der Waals surface area contributed by atoms with E-state index in [1.807, 2.05) is 17.5 Å². The molecule has 0 aromatic carbocycles. The van der Waals surface area contributed by atoms with Gasteiger partial charge in [-0.3, -0.25) is 9.59 Å². The quantitative estimate of drug-likeness (QED) is 0.265. The number of carbonyl (C=O) groups is 1. The summed E-state index contributed by atoms with van der Waals surface area (Å²) < 4.78 is 11.9. The number of nitrogens with zero attached hydrogens (tertiary/aromatic N) is 3. The average Bonchev–Trinajstić information content (AvgIpc) is 3.69. The third kappa shape index (κ3) is 4.85. The van der Waals surface area contributed by atoms with Crippen molar-refractivity contribution in [2.45, 2.75) is 44.3 Å². The number of aromatic nitrogens is 2. The maximum atomic E-state index is 12.9. The zero-order valence-electron chi connectivity index (χ0n) is 21.8. The molecule has 10 nitrogen and oxygen atoms in total. The van der Waals surface area contributed by atoms with Crippen LogP contribution in [0.4, 0.5) is 21.6 Å². The number of thiophene rings is 1. The summed E-state index contributed by atoms with van der Waals surface area (Å²) in [7, 11) is 0. The lowest BCUT2D eigenvalue weighted by Gasteiger charge is -2.28. The Balaban J connectivity index is 1.19. The van der Waals surface area contributed by atoms with Crippen molar-refractivity contribution in [3.63, 3.8) is 0 Å². The first-order chi connectivity index (χ1) is 19.5. The van der Waals surface area contributed by atoms with E-state index in [1.54, 1.807) is 17.4 Å². The molecule has 40 heavy (non-hydrogen) atoms. The van der Waals surface area contributed by atoms with E-state index in [9.17, 15) is 9.59 Å². The Hall–Kier alpha value is -3.10. The van der Waals surface area contributed by atoms with Gasteiger partial charge in [0.25, 0.3) is 5.91 Å². The largest absolute Gasteiger partial charge is 0.378 e. The topological polar surface area (TPSA) is 136 Å². The number of pyridine rings is 1. The number of anilines is 4. The second-order valence-corrected chi connectivity index (χ2v) is 13.1. The first-order valence-electron chi connectivity index (χ1n) is 13.6. The number of quaternary nitrogens is 1. The highest BCUT2D eigenvalue weighted by atomic mass is 32.1. The van der Waals surface area contributed by atoms with Crippen LogP contribution in [-0.2, 0) is 11.3 Å². The summed E-state index contributed by atoms with van der Waals surface area (Å²) in [5, 5.41) is 13.6. The Kier molecular flexibility index (Phi) is 6.92. The highest BCUT2D eigenvalue weighted by molar-refractivity contribution is 7.28. The van der Waals surface area contributed by atoms with E-state index in [0.717, 1.165) is 68.0 Å². The molecule has 1 saturated carbocycles. The number of amides is 1. The summed E-state index contributed by atoms with van der Waals surface area (Å²) in [5.41, 5.74) is 7.62. The van der Waals surface area contributed by atoms with Gasteiger partial charge in [0.15, 0.2) is 5.43 Å². The number of fused-ring (bicyclic) bond motifs is 2. The SMILES string of the molecule is [NH3+][C@@H]1CCCC[C@@H]1Nc1cc2c(c(Nc3cc(-c4csc5c(=O)cc(N6CCOCC6)sc45)ns3)n1)C(=O)NC2. The number of nitrogens with one attached hydrogen (secondary N) is 3. The van der Waals surface area contributed by atoms with Crippen LogP contribution in [0.1, 0.15) is 41.6 Å². The summed E-state index contributed by atoms with van der Waals surface area (Å²) in [6, 6.07) is 6.30. The number of carbonyl (C=O) groups excluding carboxylic acids is 1. The zero-order valence-corrected chi connectivity index (χ0v) is 24.3. The lowest BCUT2D eigenvalue weighted by Crippen LogP contribution is -2.68. The summed E-state index contributed by atoms with van der Waals surface area (Å²) >= 11 is 4.41. The molecule has 1 saturated heterocycles. The fourth-order valence-corrected chi connectivity index (χ4v) is 8.65. The highest BCUT2D eigenvalue weighted by Gasteiger charge is 2.29. The molecule has 7 rings (SSSR count). The molecule has 4 aromatic heterocycles. The molecule has 2 aliphatic heterocycles. The molecule has 0 bridgehead atoms. The van der Waals surface area contributed by atoms with Crippen LogP contribution in [0.3, 0.4) is 0 Å².